The summed E-state index contributed by atoms with van der Waals surface area (Å²) in [6.45, 7) is 0. The highest BCUT2D eigenvalue weighted by Gasteiger charge is 2.21. The van der Waals surface area contributed by atoms with Crippen LogP contribution in [-0.2, 0) is 0 Å². The molecule has 0 amide bonds. The van der Waals surface area contributed by atoms with E-state index in [2.05, 4.69) is 25.9 Å². The number of methoxy groups -OCH3 is 1. The quantitative estimate of drug-likeness (QED) is 0.632. The molecule has 8 nitrogen and oxygen atoms in total. The van der Waals surface area contributed by atoms with Crippen LogP contribution in [0.15, 0.2) is 27.5 Å². The van der Waals surface area contributed by atoms with Gasteiger partial charge in [0.2, 0.25) is 0 Å². The standard InChI is InChI=1S/C13H10BrN3O5/c1-22-8-4-2-7(9(14)6-8)3-5-10-15-12(18)11(17(20)21)13(19)16-10/h2-6H,1H3,(H2,15,16,18,19)/b5-3+. The Morgan fingerprint density at radius 2 is 2.18 bits per heavy atom. The van der Waals surface area contributed by atoms with E-state index in [9.17, 15) is 20.0 Å². The average Bonchev–Trinajstić information content (AvgIpc) is 2.44. The molecule has 1 aromatic heterocycles. The van der Waals surface area contributed by atoms with Gasteiger partial charge in [-0.1, -0.05) is 28.1 Å². The summed E-state index contributed by atoms with van der Waals surface area (Å²) < 4.78 is 5.82. The molecule has 0 saturated carbocycles. The van der Waals surface area contributed by atoms with E-state index in [0.717, 1.165) is 10.0 Å². The smallest absolute Gasteiger partial charge is 0.395 e. The first-order valence-corrected chi connectivity index (χ1v) is 6.71. The number of nitro groups is 1. The van der Waals surface area contributed by atoms with Crippen molar-refractivity contribution in [1.82, 2.24) is 9.97 Å². The minimum absolute atomic E-state index is 0.00387. The third-order valence-electron chi connectivity index (χ3n) is 2.71. The highest BCUT2D eigenvalue weighted by Crippen LogP contribution is 2.24. The van der Waals surface area contributed by atoms with Crippen molar-refractivity contribution in [3.05, 3.63) is 54.5 Å². The second kappa shape index (κ2) is 6.39. The molecular weight excluding hydrogens is 358 g/mol. The molecule has 0 radical (unpaired) electrons. The molecule has 22 heavy (non-hydrogen) atoms. The molecule has 0 fully saturated rings. The molecule has 0 saturated heterocycles. The Bertz CT molecular complexity index is 816. The molecule has 0 spiro atoms. The normalized spacial score (nSPS) is 10.8. The van der Waals surface area contributed by atoms with Gasteiger partial charge < -0.3 is 14.8 Å². The zero-order chi connectivity index (χ0) is 16.3. The van der Waals surface area contributed by atoms with Gasteiger partial charge in [0.25, 0.3) is 5.88 Å². The van der Waals surface area contributed by atoms with Gasteiger partial charge >= 0.3 is 11.2 Å². The van der Waals surface area contributed by atoms with Crippen molar-refractivity contribution in [3.63, 3.8) is 0 Å². The van der Waals surface area contributed by atoms with E-state index in [1.807, 2.05) is 0 Å². The molecule has 0 aliphatic carbocycles. The van der Waals surface area contributed by atoms with E-state index in [0.29, 0.717) is 5.75 Å². The second-order valence-electron chi connectivity index (χ2n) is 4.10. The average molecular weight is 368 g/mol. The van der Waals surface area contributed by atoms with Gasteiger partial charge in [-0.05, 0) is 23.8 Å². The maximum absolute atomic E-state index is 11.5. The van der Waals surface area contributed by atoms with Gasteiger partial charge in [0, 0.05) is 4.47 Å². The first-order valence-electron chi connectivity index (χ1n) is 5.91. The molecule has 2 aromatic rings. The number of aromatic hydroxyl groups is 1. The predicted molar refractivity (Wildman–Crippen MR) is 82.8 cm³/mol. The number of aromatic amines is 1. The lowest BCUT2D eigenvalue weighted by Crippen LogP contribution is -2.14. The van der Waals surface area contributed by atoms with Gasteiger partial charge in [0.05, 0.1) is 12.0 Å². The largest absolute Gasteiger partial charge is 0.497 e. The predicted octanol–water partition coefficient (Wildman–Crippen LogP) is 2.33. The van der Waals surface area contributed by atoms with Crippen LogP contribution in [-0.4, -0.2) is 27.1 Å². The zero-order valence-corrected chi connectivity index (χ0v) is 12.8. The first kappa shape index (κ1) is 15.7. The molecule has 0 bridgehead atoms. The van der Waals surface area contributed by atoms with E-state index in [-0.39, 0.29) is 5.82 Å². The number of hydrogen-bond acceptors (Lipinski definition) is 6. The van der Waals surface area contributed by atoms with E-state index in [4.69, 9.17) is 4.74 Å². The lowest BCUT2D eigenvalue weighted by molar-refractivity contribution is -0.387. The maximum Gasteiger partial charge on any atom is 0.395 e. The van der Waals surface area contributed by atoms with Gasteiger partial charge in [-0.3, -0.25) is 14.9 Å². The summed E-state index contributed by atoms with van der Waals surface area (Å²) in [6, 6.07) is 5.26. The molecule has 2 rings (SSSR count). The highest BCUT2D eigenvalue weighted by atomic mass is 79.9. The van der Waals surface area contributed by atoms with Gasteiger partial charge in [0.15, 0.2) is 0 Å². The van der Waals surface area contributed by atoms with Crippen molar-refractivity contribution in [3.8, 4) is 11.6 Å². The van der Waals surface area contributed by atoms with Gasteiger partial charge in [-0.25, -0.2) is 0 Å². The molecule has 114 valence electrons. The maximum atomic E-state index is 11.5. The number of aromatic nitrogens is 2. The minimum Gasteiger partial charge on any atom is -0.497 e. The lowest BCUT2D eigenvalue weighted by atomic mass is 10.2. The Morgan fingerprint density at radius 1 is 1.45 bits per heavy atom. The van der Waals surface area contributed by atoms with Gasteiger partial charge in [-0.15, -0.1) is 0 Å². The molecule has 9 heteroatoms. The SMILES string of the molecule is COc1ccc(/C=C/c2nc(O)c([N+](=O)[O-])c(=O)[nH]2)c(Br)c1. The molecule has 2 N–H and O–H groups in total. The molecular formula is C13H10BrN3O5. The number of hydrogen-bond donors (Lipinski definition) is 2. The number of benzene rings is 1. The number of H-pyrrole nitrogens is 1. The number of nitrogens with one attached hydrogen (secondary N) is 1. The van der Waals surface area contributed by atoms with E-state index in [1.165, 1.54) is 6.08 Å². The van der Waals surface area contributed by atoms with Crippen LogP contribution in [0.3, 0.4) is 0 Å². The molecule has 0 aliphatic rings. The van der Waals surface area contributed by atoms with E-state index >= 15 is 0 Å². The van der Waals surface area contributed by atoms with E-state index in [1.54, 1.807) is 31.4 Å². The second-order valence-corrected chi connectivity index (χ2v) is 4.96. The molecule has 1 aromatic carbocycles. The number of halogens is 1. The minimum atomic E-state index is -1.02. The van der Waals surface area contributed by atoms with Crippen LogP contribution < -0.4 is 10.3 Å². The summed E-state index contributed by atoms with van der Waals surface area (Å²) in [7, 11) is 1.55. The van der Waals surface area contributed by atoms with Crippen molar-refractivity contribution in [1.29, 1.82) is 0 Å². The Hall–Kier alpha value is -2.68. The van der Waals surface area contributed by atoms with Gasteiger partial charge in [-0.2, -0.15) is 4.98 Å². The summed E-state index contributed by atoms with van der Waals surface area (Å²) in [5.74, 6) is -0.262. The third-order valence-corrected chi connectivity index (χ3v) is 3.39. The van der Waals surface area contributed by atoms with Gasteiger partial charge in [0.1, 0.15) is 11.6 Å². The third kappa shape index (κ3) is 3.31. The van der Waals surface area contributed by atoms with Crippen LogP contribution in [0.25, 0.3) is 12.2 Å². The highest BCUT2D eigenvalue weighted by molar-refractivity contribution is 9.10. The Labute approximate surface area is 132 Å². The van der Waals surface area contributed by atoms with Crippen molar-refractivity contribution in [2.24, 2.45) is 0 Å². The number of rotatable bonds is 4. The van der Waals surface area contributed by atoms with Crippen LogP contribution in [0.5, 0.6) is 11.6 Å². The molecule has 0 unspecified atom stereocenters. The summed E-state index contributed by atoms with van der Waals surface area (Å²) in [5, 5.41) is 20.0. The summed E-state index contributed by atoms with van der Waals surface area (Å²) >= 11 is 3.36. The Morgan fingerprint density at radius 3 is 2.73 bits per heavy atom. The van der Waals surface area contributed by atoms with Crippen LogP contribution in [0, 0.1) is 10.1 Å². The fourth-order valence-electron chi connectivity index (χ4n) is 1.65. The summed E-state index contributed by atoms with van der Waals surface area (Å²) in [6.07, 6.45) is 3.03. The van der Waals surface area contributed by atoms with Crippen molar-refractivity contribution in [2.45, 2.75) is 0 Å². The monoisotopic (exact) mass is 367 g/mol. The van der Waals surface area contributed by atoms with Crippen molar-refractivity contribution in [2.75, 3.05) is 7.11 Å². The molecule has 1 heterocycles. The Kier molecular flexibility index (Phi) is 4.56. The fourth-order valence-corrected chi connectivity index (χ4v) is 2.14. The van der Waals surface area contributed by atoms with Crippen molar-refractivity contribution < 1.29 is 14.8 Å². The number of ether oxygens (including phenoxy) is 1. The van der Waals surface area contributed by atoms with E-state index < -0.39 is 22.0 Å². The van der Waals surface area contributed by atoms with Crippen LogP contribution in [0.2, 0.25) is 0 Å². The molecule has 0 atom stereocenters. The first-order chi connectivity index (χ1) is 10.4. The summed E-state index contributed by atoms with van der Waals surface area (Å²) in [5.41, 5.74) is -1.24. The number of nitrogens with zero attached hydrogens (tertiary/aromatic N) is 2. The van der Waals surface area contributed by atoms with Crippen LogP contribution in [0.4, 0.5) is 5.69 Å². The Balaban J connectivity index is 2.35. The fraction of sp³-hybridized carbons (Fsp3) is 0.0769. The zero-order valence-electron chi connectivity index (χ0n) is 11.2. The topological polar surface area (TPSA) is 118 Å². The lowest BCUT2D eigenvalue weighted by Gasteiger charge is -2.03. The van der Waals surface area contributed by atoms with Crippen LogP contribution >= 0.6 is 15.9 Å². The summed E-state index contributed by atoms with van der Waals surface area (Å²) in [4.78, 5) is 26.9. The van der Waals surface area contributed by atoms with Crippen LogP contribution in [0.1, 0.15) is 11.4 Å². The molecule has 0 aliphatic heterocycles. The van der Waals surface area contributed by atoms with Crippen molar-refractivity contribution >= 4 is 33.8 Å².